The number of likely N-dealkylation sites (N-methyl/N-ethyl adjacent to an activating group) is 1. The van der Waals surface area contributed by atoms with Gasteiger partial charge in [0.25, 0.3) is 0 Å². The van der Waals surface area contributed by atoms with E-state index in [1.54, 1.807) is 0 Å². The van der Waals surface area contributed by atoms with Crippen LogP contribution in [0.3, 0.4) is 0 Å². The van der Waals surface area contributed by atoms with Gasteiger partial charge in [-0.3, -0.25) is 9.69 Å². The van der Waals surface area contributed by atoms with E-state index < -0.39 is 0 Å². The highest BCUT2D eigenvalue weighted by molar-refractivity contribution is 5.83. The van der Waals surface area contributed by atoms with Crippen molar-refractivity contribution < 1.29 is 4.79 Å². The Morgan fingerprint density at radius 1 is 1.25 bits per heavy atom. The molecular weight excluding hydrogens is 202 g/mol. The summed E-state index contributed by atoms with van der Waals surface area (Å²) in [5, 5.41) is 6.32. The fourth-order valence-electron chi connectivity index (χ4n) is 2.80. The first-order valence-electron chi connectivity index (χ1n) is 6.53. The van der Waals surface area contributed by atoms with Crippen LogP contribution in [-0.2, 0) is 4.79 Å². The van der Waals surface area contributed by atoms with Gasteiger partial charge in [0.05, 0.1) is 6.04 Å². The van der Waals surface area contributed by atoms with Crippen LogP contribution in [0, 0.1) is 5.92 Å². The van der Waals surface area contributed by atoms with E-state index in [1.165, 1.54) is 12.8 Å². The molecule has 0 aliphatic carbocycles. The minimum atomic E-state index is 0.139. The molecule has 16 heavy (non-hydrogen) atoms. The molecule has 0 saturated carbocycles. The van der Waals surface area contributed by atoms with Gasteiger partial charge >= 0.3 is 0 Å². The molecule has 4 nitrogen and oxygen atoms in total. The molecule has 2 fully saturated rings. The van der Waals surface area contributed by atoms with Crippen molar-refractivity contribution in [2.75, 3.05) is 32.7 Å². The maximum atomic E-state index is 11.7. The number of hydrogen-bond acceptors (Lipinski definition) is 3. The van der Waals surface area contributed by atoms with E-state index in [1.807, 2.05) is 0 Å². The van der Waals surface area contributed by atoms with Crippen molar-refractivity contribution in [2.24, 2.45) is 5.92 Å². The average Bonchev–Trinajstić information content (AvgIpc) is 2.74. The number of carbonyl (C=O) groups is 1. The highest BCUT2D eigenvalue weighted by atomic mass is 16.2. The van der Waals surface area contributed by atoms with Gasteiger partial charge in [-0.2, -0.15) is 0 Å². The molecule has 0 aromatic heterocycles. The number of piperidine rings is 1. The van der Waals surface area contributed by atoms with Crippen LogP contribution < -0.4 is 10.6 Å². The molecule has 2 N–H and O–H groups in total. The van der Waals surface area contributed by atoms with Crippen LogP contribution in [0.4, 0.5) is 0 Å². The van der Waals surface area contributed by atoms with E-state index in [0.29, 0.717) is 0 Å². The third-order valence-electron chi connectivity index (χ3n) is 3.82. The van der Waals surface area contributed by atoms with Gasteiger partial charge in [0.1, 0.15) is 0 Å². The topological polar surface area (TPSA) is 44.4 Å². The standard InChI is InChI=1S/C12H23N3O/c1-2-15(11-5-8-14-12(11)16)9-10-3-6-13-7-4-10/h10-11,13H,2-9H2,1H3,(H,14,16). The van der Waals surface area contributed by atoms with Gasteiger partial charge in [-0.05, 0) is 44.8 Å². The molecule has 2 saturated heterocycles. The molecule has 0 aromatic rings. The zero-order valence-electron chi connectivity index (χ0n) is 10.2. The molecule has 92 valence electrons. The summed E-state index contributed by atoms with van der Waals surface area (Å²) in [4.78, 5) is 14.0. The highest BCUT2D eigenvalue weighted by Crippen LogP contribution is 2.17. The lowest BCUT2D eigenvalue weighted by molar-refractivity contribution is -0.123. The van der Waals surface area contributed by atoms with E-state index in [-0.39, 0.29) is 11.9 Å². The minimum absolute atomic E-state index is 0.139. The third-order valence-corrected chi connectivity index (χ3v) is 3.82. The van der Waals surface area contributed by atoms with Gasteiger partial charge in [0, 0.05) is 13.1 Å². The molecule has 1 atom stereocenters. The zero-order valence-corrected chi connectivity index (χ0v) is 10.2. The quantitative estimate of drug-likeness (QED) is 0.718. The molecule has 2 aliphatic heterocycles. The SMILES string of the molecule is CCN(CC1CCNCC1)C1CCNC1=O. The summed E-state index contributed by atoms with van der Waals surface area (Å²) in [5.41, 5.74) is 0. The van der Waals surface area contributed by atoms with Gasteiger partial charge < -0.3 is 10.6 Å². The molecule has 4 heteroatoms. The van der Waals surface area contributed by atoms with Crippen molar-refractivity contribution in [1.82, 2.24) is 15.5 Å². The molecule has 1 amide bonds. The summed E-state index contributed by atoms with van der Waals surface area (Å²) < 4.78 is 0. The molecule has 2 aliphatic rings. The Hall–Kier alpha value is -0.610. The Kier molecular flexibility index (Phi) is 4.18. The summed E-state index contributed by atoms with van der Waals surface area (Å²) in [5.74, 6) is 1.00. The first kappa shape index (κ1) is 11.9. The van der Waals surface area contributed by atoms with Crippen molar-refractivity contribution in [3.63, 3.8) is 0 Å². The average molecular weight is 225 g/mol. The molecule has 1 unspecified atom stereocenters. The zero-order chi connectivity index (χ0) is 11.4. The van der Waals surface area contributed by atoms with E-state index in [9.17, 15) is 4.79 Å². The number of hydrogen-bond donors (Lipinski definition) is 2. The Morgan fingerprint density at radius 3 is 2.56 bits per heavy atom. The van der Waals surface area contributed by atoms with Gasteiger partial charge in [-0.1, -0.05) is 6.92 Å². The van der Waals surface area contributed by atoms with E-state index in [2.05, 4.69) is 22.5 Å². The third kappa shape index (κ3) is 2.74. The van der Waals surface area contributed by atoms with Crippen LogP contribution in [0.15, 0.2) is 0 Å². The molecule has 0 radical (unpaired) electrons. The van der Waals surface area contributed by atoms with Gasteiger partial charge in [-0.25, -0.2) is 0 Å². The number of nitrogens with one attached hydrogen (secondary N) is 2. The first-order valence-corrected chi connectivity index (χ1v) is 6.53. The monoisotopic (exact) mass is 225 g/mol. The number of rotatable bonds is 4. The molecule has 0 bridgehead atoms. The second-order valence-corrected chi connectivity index (χ2v) is 4.88. The van der Waals surface area contributed by atoms with Crippen LogP contribution in [0.1, 0.15) is 26.2 Å². The highest BCUT2D eigenvalue weighted by Gasteiger charge is 2.30. The normalized spacial score (nSPS) is 27.4. The smallest absolute Gasteiger partial charge is 0.237 e. The van der Waals surface area contributed by atoms with Crippen molar-refractivity contribution in [3.8, 4) is 0 Å². The Labute approximate surface area is 97.8 Å². The Morgan fingerprint density at radius 2 is 2.00 bits per heavy atom. The number of nitrogens with zero attached hydrogens (tertiary/aromatic N) is 1. The number of amides is 1. The second kappa shape index (κ2) is 5.64. The lowest BCUT2D eigenvalue weighted by Gasteiger charge is -2.32. The van der Waals surface area contributed by atoms with Gasteiger partial charge in [0.2, 0.25) is 5.91 Å². The predicted molar refractivity (Wildman–Crippen MR) is 64.3 cm³/mol. The largest absolute Gasteiger partial charge is 0.355 e. The molecular formula is C12H23N3O. The lowest BCUT2D eigenvalue weighted by atomic mass is 9.96. The molecule has 0 aromatic carbocycles. The Bertz CT molecular complexity index is 238. The van der Waals surface area contributed by atoms with Gasteiger partial charge in [0.15, 0.2) is 0 Å². The number of carbonyl (C=O) groups excluding carboxylic acids is 1. The summed E-state index contributed by atoms with van der Waals surface area (Å²) in [6, 6.07) is 0.139. The molecule has 2 heterocycles. The summed E-state index contributed by atoms with van der Waals surface area (Å²) in [6.07, 6.45) is 3.49. The second-order valence-electron chi connectivity index (χ2n) is 4.88. The lowest BCUT2D eigenvalue weighted by Crippen LogP contribution is -2.44. The van der Waals surface area contributed by atoms with Crippen LogP contribution in [0.25, 0.3) is 0 Å². The minimum Gasteiger partial charge on any atom is -0.355 e. The molecule has 2 rings (SSSR count). The fourth-order valence-corrected chi connectivity index (χ4v) is 2.80. The van der Waals surface area contributed by atoms with Crippen molar-refractivity contribution >= 4 is 5.91 Å². The van der Waals surface area contributed by atoms with Crippen LogP contribution in [0.2, 0.25) is 0 Å². The maximum Gasteiger partial charge on any atom is 0.237 e. The van der Waals surface area contributed by atoms with Crippen LogP contribution >= 0.6 is 0 Å². The maximum absolute atomic E-state index is 11.7. The van der Waals surface area contributed by atoms with E-state index in [0.717, 1.165) is 45.1 Å². The van der Waals surface area contributed by atoms with Crippen molar-refractivity contribution in [1.29, 1.82) is 0 Å². The van der Waals surface area contributed by atoms with Crippen molar-refractivity contribution in [3.05, 3.63) is 0 Å². The Balaban J connectivity index is 1.86. The first-order chi connectivity index (χ1) is 7.81. The summed E-state index contributed by atoms with van der Waals surface area (Å²) >= 11 is 0. The van der Waals surface area contributed by atoms with E-state index >= 15 is 0 Å². The molecule has 0 spiro atoms. The van der Waals surface area contributed by atoms with Gasteiger partial charge in [-0.15, -0.1) is 0 Å². The van der Waals surface area contributed by atoms with Crippen LogP contribution in [0.5, 0.6) is 0 Å². The van der Waals surface area contributed by atoms with Crippen molar-refractivity contribution in [2.45, 2.75) is 32.2 Å². The van der Waals surface area contributed by atoms with E-state index in [4.69, 9.17) is 0 Å². The summed E-state index contributed by atoms with van der Waals surface area (Å²) in [6.45, 7) is 7.37. The predicted octanol–water partition coefficient (Wildman–Crippen LogP) is 0.196. The fraction of sp³-hybridized carbons (Fsp3) is 0.917. The van der Waals surface area contributed by atoms with Crippen LogP contribution in [-0.4, -0.2) is 49.6 Å². The summed E-state index contributed by atoms with van der Waals surface area (Å²) in [7, 11) is 0.